The minimum absolute atomic E-state index is 0. The molecule has 4 heteroatoms. The van der Waals surface area contributed by atoms with E-state index in [9.17, 15) is 0 Å². The van der Waals surface area contributed by atoms with Gasteiger partial charge in [-0.1, -0.05) is 13.3 Å². The van der Waals surface area contributed by atoms with Gasteiger partial charge in [0.25, 0.3) is 0 Å². The number of aliphatic hydroxyl groups excluding tert-OH is 2. The van der Waals surface area contributed by atoms with Crippen LogP contribution in [0.4, 0.5) is 0 Å². The molecule has 3 nitrogen and oxygen atoms in total. The van der Waals surface area contributed by atoms with Crippen LogP contribution in [0.1, 0.15) is 19.8 Å². The van der Waals surface area contributed by atoms with Crippen molar-refractivity contribution in [3.8, 4) is 0 Å². The van der Waals surface area contributed by atoms with Crippen molar-refractivity contribution >= 4 is 0 Å². The molecular weight excluding hydrogens is 147 g/mol. The normalized spacial score (nSPS) is 11.0. The van der Waals surface area contributed by atoms with Gasteiger partial charge in [-0.25, -0.2) is 0 Å². The average molecular weight is 160 g/mol. The predicted octanol–water partition coefficient (Wildman–Crippen LogP) is -3.03. The van der Waals surface area contributed by atoms with Crippen LogP contribution in [0.5, 0.6) is 0 Å². The van der Waals surface area contributed by atoms with Gasteiger partial charge in [-0.2, -0.15) is 0 Å². The summed E-state index contributed by atoms with van der Waals surface area (Å²) in [5.41, 5.74) is 0. The summed E-state index contributed by atoms with van der Waals surface area (Å²) in [6.45, 7) is 1.87. The van der Waals surface area contributed by atoms with E-state index in [1.54, 1.807) is 0 Å². The van der Waals surface area contributed by atoms with E-state index in [-0.39, 0.29) is 63.5 Å². The quantitative estimate of drug-likeness (QED) is 0.431. The molecule has 52 valence electrons. The second kappa shape index (κ2) is 12.2. The summed E-state index contributed by atoms with van der Waals surface area (Å²) in [6, 6.07) is 0. The first-order chi connectivity index (χ1) is 3.31. The maximum absolute atomic E-state index is 8.61. The van der Waals surface area contributed by atoms with Crippen molar-refractivity contribution < 1.29 is 67.1 Å². The Morgan fingerprint density at radius 2 is 1.89 bits per heavy atom. The molecule has 0 aliphatic carbocycles. The van der Waals surface area contributed by atoms with Crippen LogP contribution in [0.25, 0.3) is 0 Å². The van der Waals surface area contributed by atoms with E-state index in [1.807, 2.05) is 6.92 Å². The zero-order valence-corrected chi connectivity index (χ0v) is 9.16. The molecule has 0 rings (SSSR count). The van der Waals surface area contributed by atoms with Crippen molar-refractivity contribution in [2.45, 2.75) is 25.9 Å². The molecule has 9 heavy (non-hydrogen) atoms. The van der Waals surface area contributed by atoms with Crippen LogP contribution in [0, 0.1) is 0 Å². The molecule has 3 N–H and O–H groups in total. The molecular formula is C5H13KO3. The van der Waals surface area contributed by atoms with Crippen LogP contribution in [0.15, 0.2) is 0 Å². The maximum atomic E-state index is 8.61. The van der Waals surface area contributed by atoms with Crippen LogP contribution >= 0.6 is 0 Å². The van der Waals surface area contributed by atoms with Gasteiger partial charge in [0, 0.05) is 0 Å². The van der Waals surface area contributed by atoms with Crippen LogP contribution in [-0.2, 0) is 0 Å². The first-order valence-electron chi connectivity index (χ1n) is 2.60. The van der Waals surface area contributed by atoms with Crippen molar-refractivity contribution in [2.24, 2.45) is 0 Å². The molecule has 0 saturated carbocycles. The van der Waals surface area contributed by atoms with Crippen LogP contribution in [0.2, 0.25) is 0 Å². The van der Waals surface area contributed by atoms with Gasteiger partial charge in [-0.3, -0.25) is 0 Å². The number of hydrogen-bond acceptors (Lipinski definition) is 3. The van der Waals surface area contributed by atoms with E-state index in [2.05, 4.69) is 0 Å². The van der Waals surface area contributed by atoms with Crippen molar-refractivity contribution in [3.05, 3.63) is 0 Å². The first kappa shape index (κ1) is 16.9. The molecule has 0 radical (unpaired) electrons. The summed E-state index contributed by atoms with van der Waals surface area (Å²) in [6.07, 6.45) is 1.14. The summed E-state index contributed by atoms with van der Waals surface area (Å²) in [7, 11) is 0. The summed E-state index contributed by atoms with van der Waals surface area (Å²) in [5.74, 6) is 0. The van der Waals surface area contributed by atoms with Crippen molar-refractivity contribution in [2.75, 3.05) is 6.61 Å². The fourth-order valence-corrected chi connectivity index (χ4v) is 0.425. The third-order valence-corrected chi connectivity index (χ3v) is 0.833. The van der Waals surface area contributed by atoms with Gasteiger partial charge in [-0.15, -0.1) is 0 Å². The van der Waals surface area contributed by atoms with Gasteiger partial charge in [-0.05, 0) is 6.42 Å². The summed E-state index contributed by atoms with van der Waals surface area (Å²) >= 11 is 0. The molecule has 0 aromatic rings. The van der Waals surface area contributed by atoms with E-state index in [0.29, 0.717) is 6.42 Å². The Morgan fingerprint density at radius 3 is 2.00 bits per heavy atom. The smallest absolute Gasteiger partial charge is 0.870 e. The zero-order valence-electron chi connectivity index (χ0n) is 6.04. The molecule has 1 unspecified atom stereocenters. The summed E-state index contributed by atoms with van der Waals surface area (Å²) < 4.78 is 0. The standard InChI is InChI=1S/C5H12O2.K.H2O/c1-2-3-5(7)4-6;;/h5-7H,2-4H2,1H3;;1H2/q;+1;/p-1. The summed E-state index contributed by atoms with van der Waals surface area (Å²) in [4.78, 5) is 0. The number of aliphatic hydroxyl groups is 2. The molecule has 0 spiro atoms. The van der Waals surface area contributed by atoms with Gasteiger partial charge < -0.3 is 15.7 Å². The Hall–Kier alpha value is 1.52. The molecule has 0 bridgehead atoms. The first-order valence-corrected chi connectivity index (χ1v) is 2.60. The molecule has 0 aromatic heterocycles. The van der Waals surface area contributed by atoms with E-state index in [1.165, 1.54) is 0 Å². The molecule has 0 aliphatic rings. The van der Waals surface area contributed by atoms with E-state index in [4.69, 9.17) is 10.2 Å². The maximum Gasteiger partial charge on any atom is 1.00 e. The van der Waals surface area contributed by atoms with Crippen LogP contribution in [0.3, 0.4) is 0 Å². The largest absolute Gasteiger partial charge is 1.00 e. The monoisotopic (exact) mass is 160 g/mol. The molecule has 0 saturated heterocycles. The zero-order chi connectivity index (χ0) is 5.70. The Kier molecular flexibility index (Phi) is 22.9. The van der Waals surface area contributed by atoms with E-state index < -0.39 is 6.10 Å². The second-order valence-electron chi connectivity index (χ2n) is 1.63. The average Bonchev–Trinajstić information content (AvgIpc) is 1.68. The SMILES string of the molecule is CCCC(O)CO.[K+].[OH-]. The van der Waals surface area contributed by atoms with Crippen molar-refractivity contribution in [1.82, 2.24) is 0 Å². The van der Waals surface area contributed by atoms with Crippen LogP contribution in [-0.4, -0.2) is 28.4 Å². The van der Waals surface area contributed by atoms with Crippen molar-refractivity contribution in [1.29, 1.82) is 0 Å². The molecule has 1 atom stereocenters. The molecule has 0 aliphatic heterocycles. The minimum atomic E-state index is -0.495. The van der Waals surface area contributed by atoms with Gasteiger partial charge in [0.15, 0.2) is 0 Å². The summed E-state index contributed by atoms with van der Waals surface area (Å²) in [5, 5.41) is 16.8. The van der Waals surface area contributed by atoms with E-state index >= 15 is 0 Å². The van der Waals surface area contributed by atoms with Gasteiger partial charge in [0.1, 0.15) is 0 Å². The molecule has 0 fully saturated rings. The third kappa shape index (κ3) is 12.7. The van der Waals surface area contributed by atoms with Gasteiger partial charge in [0.2, 0.25) is 0 Å². The Labute approximate surface area is 98.2 Å². The van der Waals surface area contributed by atoms with E-state index in [0.717, 1.165) is 6.42 Å². The Balaban J connectivity index is -0.000000180. The van der Waals surface area contributed by atoms with Crippen LogP contribution < -0.4 is 51.4 Å². The number of rotatable bonds is 3. The fraction of sp³-hybridized carbons (Fsp3) is 1.00. The fourth-order valence-electron chi connectivity index (χ4n) is 0.425. The number of hydrogen-bond donors (Lipinski definition) is 2. The molecule has 0 aromatic carbocycles. The van der Waals surface area contributed by atoms with Crippen molar-refractivity contribution in [3.63, 3.8) is 0 Å². The Morgan fingerprint density at radius 1 is 1.44 bits per heavy atom. The van der Waals surface area contributed by atoms with Gasteiger partial charge >= 0.3 is 51.4 Å². The second-order valence-corrected chi connectivity index (χ2v) is 1.63. The predicted molar refractivity (Wildman–Crippen MR) is 29.9 cm³/mol. The Bertz CT molecular complexity index is 43.2. The third-order valence-electron chi connectivity index (χ3n) is 0.833. The molecule has 0 amide bonds. The topological polar surface area (TPSA) is 70.5 Å². The minimum Gasteiger partial charge on any atom is -0.870 e. The molecule has 0 heterocycles. The van der Waals surface area contributed by atoms with Gasteiger partial charge in [0.05, 0.1) is 12.7 Å².